The van der Waals surface area contributed by atoms with Crippen LogP contribution in [0.25, 0.3) is 6.08 Å². The van der Waals surface area contributed by atoms with Crippen LogP contribution < -0.4 is 0 Å². The summed E-state index contributed by atoms with van der Waals surface area (Å²) in [6.45, 7) is 5.20. The zero-order valence-corrected chi connectivity index (χ0v) is 11.2. The van der Waals surface area contributed by atoms with Gasteiger partial charge in [0.25, 0.3) is 0 Å². The van der Waals surface area contributed by atoms with Crippen molar-refractivity contribution in [3.8, 4) is 11.5 Å². The number of ether oxygens (including phenoxy) is 1. The first kappa shape index (κ1) is 16.2. The summed E-state index contributed by atoms with van der Waals surface area (Å²) in [5, 5.41) is 19.4. The molecule has 0 aliphatic carbocycles. The van der Waals surface area contributed by atoms with E-state index in [-0.39, 0.29) is 36.1 Å². The number of nitrogens with zero attached hydrogens (tertiary/aromatic N) is 1. The van der Waals surface area contributed by atoms with Crippen molar-refractivity contribution < 1.29 is 19.7 Å². The predicted molar refractivity (Wildman–Crippen MR) is 70.0 cm³/mol. The number of pyridine rings is 1. The maximum absolute atomic E-state index is 11.1. The summed E-state index contributed by atoms with van der Waals surface area (Å²) in [5.74, 6) is -0.819. The van der Waals surface area contributed by atoms with Crippen molar-refractivity contribution in [2.24, 2.45) is 0 Å². The number of aryl methyl sites for hydroxylation is 2. The number of hydrogen-bond acceptors (Lipinski definition) is 5. The van der Waals surface area contributed by atoms with Crippen LogP contribution in [-0.2, 0) is 9.53 Å². The highest BCUT2D eigenvalue weighted by Gasteiger charge is 2.12. The minimum Gasteiger partial charge on any atom is -0.505 e. The van der Waals surface area contributed by atoms with Gasteiger partial charge in [0, 0.05) is 6.08 Å². The van der Waals surface area contributed by atoms with Gasteiger partial charge in [-0.25, -0.2) is 4.79 Å². The minimum absolute atomic E-state index is 0. The second-order valence-corrected chi connectivity index (χ2v) is 3.48. The van der Waals surface area contributed by atoms with E-state index in [0.717, 1.165) is 6.08 Å². The van der Waals surface area contributed by atoms with Gasteiger partial charge in [0.15, 0.2) is 0 Å². The quantitative estimate of drug-likeness (QED) is 0.651. The molecular formula is C12H16ClNO4. The third-order valence-corrected chi connectivity index (χ3v) is 2.20. The summed E-state index contributed by atoms with van der Waals surface area (Å²) in [6.07, 6.45) is 2.46. The number of carbonyl (C=O) groups excluding carboxylic acids is 1. The lowest BCUT2D eigenvalue weighted by Gasteiger charge is -2.07. The molecule has 1 rings (SSSR count). The van der Waals surface area contributed by atoms with Gasteiger partial charge >= 0.3 is 5.97 Å². The minimum atomic E-state index is -0.529. The van der Waals surface area contributed by atoms with E-state index in [2.05, 4.69) is 4.98 Å². The average molecular weight is 274 g/mol. The van der Waals surface area contributed by atoms with Gasteiger partial charge < -0.3 is 14.9 Å². The van der Waals surface area contributed by atoms with Crippen molar-refractivity contribution in [2.45, 2.75) is 20.8 Å². The SMILES string of the molecule is CCOC(=O)C=Cc1c(O)c(C)nc(C)c1O.Cl. The van der Waals surface area contributed by atoms with Crippen molar-refractivity contribution in [3.63, 3.8) is 0 Å². The topological polar surface area (TPSA) is 79.7 Å². The Kier molecular flexibility index (Phi) is 6.19. The highest BCUT2D eigenvalue weighted by molar-refractivity contribution is 5.88. The molecule has 0 saturated heterocycles. The third kappa shape index (κ3) is 3.63. The average Bonchev–Trinajstić information content (AvgIpc) is 2.27. The zero-order chi connectivity index (χ0) is 13.0. The van der Waals surface area contributed by atoms with E-state index in [4.69, 9.17) is 4.74 Å². The summed E-state index contributed by atoms with van der Waals surface area (Å²) in [5.41, 5.74) is 0.954. The van der Waals surface area contributed by atoms with Crippen LogP contribution in [-0.4, -0.2) is 27.8 Å². The van der Waals surface area contributed by atoms with Crippen LogP contribution in [0.1, 0.15) is 23.9 Å². The summed E-state index contributed by atoms with van der Waals surface area (Å²) >= 11 is 0. The van der Waals surface area contributed by atoms with E-state index in [9.17, 15) is 15.0 Å². The molecule has 0 aromatic carbocycles. The monoisotopic (exact) mass is 273 g/mol. The van der Waals surface area contributed by atoms with Gasteiger partial charge in [-0.1, -0.05) is 0 Å². The first-order chi connectivity index (χ1) is 7.97. The second kappa shape index (κ2) is 6.86. The maximum Gasteiger partial charge on any atom is 0.330 e. The van der Waals surface area contributed by atoms with E-state index in [1.165, 1.54) is 6.08 Å². The molecule has 0 aliphatic heterocycles. The molecule has 0 amide bonds. The fraction of sp³-hybridized carbons (Fsp3) is 0.333. The molecule has 1 aromatic heterocycles. The van der Waals surface area contributed by atoms with Gasteiger partial charge in [-0.2, -0.15) is 0 Å². The molecule has 100 valence electrons. The Hall–Kier alpha value is -1.75. The second-order valence-electron chi connectivity index (χ2n) is 3.48. The molecule has 5 nitrogen and oxygen atoms in total. The number of esters is 1. The van der Waals surface area contributed by atoms with Crippen LogP contribution in [0.3, 0.4) is 0 Å². The highest BCUT2D eigenvalue weighted by atomic mass is 35.5. The van der Waals surface area contributed by atoms with Crippen LogP contribution in [0.15, 0.2) is 6.08 Å². The van der Waals surface area contributed by atoms with Gasteiger partial charge in [0.2, 0.25) is 0 Å². The molecule has 0 atom stereocenters. The molecule has 0 aliphatic rings. The van der Waals surface area contributed by atoms with Crippen LogP contribution >= 0.6 is 12.4 Å². The molecule has 0 unspecified atom stereocenters. The van der Waals surface area contributed by atoms with Gasteiger partial charge in [0.05, 0.1) is 23.6 Å². The third-order valence-electron chi connectivity index (χ3n) is 2.20. The lowest BCUT2D eigenvalue weighted by molar-refractivity contribution is -0.137. The van der Waals surface area contributed by atoms with E-state index in [1.54, 1.807) is 20.8 Å². The molecule has 2 N–H and O–H groups in total. The molecule has 1 heterocycles. The summed E-state index contributed by atoms with van der Waals surface area (Å²) < 4.78 is 4.70. The number of aromatic nitrogens is 1. The number of rotatable bonds is 3. The van der Waals surface area contributed by atoms with Gasteiger partial charge in [-0.05, 0) is 26.8 Å². The van der Waals surface area contributed by atoms with Crippen LogP contribution in [0.4, 0.5) is 0 Å². The molecule has 0 radical (unpaired) electrons. The van der Waals surface area contributed by atoms with Gasteiger partial charge in [0.1, 0.15) is 11.5 Å². The lowest BCUT2D eigenvalue weighted by atomic mass is 10.1. The van der Waals surface area contributed by atoms with Gasteiger partial charge in [-0.15, -0.1) is 12.4 Å². The molecule has 0 fully saturated rings. The summed E-state index contributed by atoms with van der Waals surface area (Å²) in [6, 6.07) is 0. The van der Waals surface area contributed by atoms with Crippen molar-refractivity contribution >= 4 is 24.5 Å². The number of carbonyl (C=O) groups is 1. The molecule has 0 bridgehead atoms. The van der Waals surface area contributed by atoms with E-state index >= 15 is 0 Å². The van der Waals surface area contributed by atoms with Gasteiger partial charge in [-0.3, -0.25) is 4.98 Å². The molecule has 6 heteroatoms. The zero-order valence-electron chi connectivity index (χ0n) is 10.4. The lowest BCUT2D eigenvalue weighted by Crippen LogP contribution is -1.99. The molecule has 18 heavy (non-hydrogen) atoms. The first-order valence-corrected chi connectivity index (χ1v) is 5.21. The van der Waals surface area contributed by atoms with E-state index in [0.29, 0.717) is 11.4 Å². The molecule has 0 saturated carbocycles. The van der Waals surface area contributed by atoms with Crippen molar-refractivity contribution in [3.05, 3.63) is 23.0 Å². The largest absolute Gasteiger partial charge is 0.505 e. The summed E-state index contributed by atoms with van der Waals surface area (Å²) in [4.78, 5) is 15.1. The van der Waals surface area contributed by atoms with Crippen molar-refractivity contribution in [2.75, 3.05) is 6.61 Å². The van der Waals surface area contributed by atoms with E-state index < -0.39 is 5.97 Å². The molecule has 1 aromatic rings. The fourth-order valence-corrected chi connectivity index (χ4v) is 1.36. The Morgan fingerprint density at radius 2 is 1.78 bits per heavy atom. The Balaban J connectivity index is 0.00000289. The fourth-order valence-electron chi connectivity index (χ4n) is 1.36. The molecular weight excluding hydrogens is 258 g/mol. The normalized spacial score (nSPS) is 10.2. The predicted octanol–water partition coefficient (Wildman–Crippen LogP) is 2.11. The maximum atomic E-state index is 11.1. The van der Waals surface area contributed by atoms with Crippen molar-refractivity contribution in [1.82, 2.24) is 4.98 Å². The van der Waals surface area contributed by atoms with E-state index in [1.807, 2.05) is 0 Å². The smallest absolute Gasteiger partial charge is 0.330 e. The van der Waals surface area contributed by atoms with Crippen LogP contribution in [0.5, 0.6) is 11.5 Å². The Morgan fingerprint density at radius 3 is 2.22 bits per heavy atom. The molecule has 0 spiro atoms. The van der Waals surface area contributed by atoms with Crippen LogP contribution in [0.2, 0.25) is 0 Å². The van der Waals surface area contributed by atoms with Crippen LogP contribution in [0, 0.1) is 13.8 Å². The summed E-state index contributed by atoms with van der Waals surface area (Å²) in [7, 11) is 0. The highest BCUT2D eigenvalue weighted by Crippen LogP contribution is 2.32. The Bertz CT molecular complexity index is 445. The Labute approximate surface area is 112 Å². The number of aromatic hydroxyl groups is 2. The standard InChI is InChI=1S/C12H15NO4.ClH/c1-4-17-10(14)6-5-9-11(15)7(2)13-8(3)12(9)16;/h5-6,15-16H,4H2,1-3H3;1H. The Morgan fingerprint density at radius 1 is 1.28 bits per heavy atom. The number of halogens is 1. The van der Waals surface area contributed by atoms with Crippen molar-refractivity contribution in [1.29, 1.82) is 0 Å². The first-order valence-electron chi connectivity index (χ1n) is 5.21. The number of hydrogen-bond donors (Lipinski definition) is 2.